The van der Waals surface area contributed by atoms with Crippen LogP contribution in [0.25, 0.3) is 17.3 Å². The molecule has 8 heteroatoms. The van der Waals surface area contributed by atoms with Gasteiger partial charge >= 0.3 is 0 Å². The van der Waals surface area contributed by atoms with Crippen molar-refractivity contribution >= 4 is 5.95 Å². The molecule has 0 aliphatic carbocycles. The Labute approximate surface area is 193 Å². The first-order valence-corrected chi connectivity index (χ1v) is 11.6. The summed E-state index contributed by atoms with van der Waals surface area (Å²) in [7, 11) is 1.65. The maximum atomic E-state index is 5.21. The highest BCUT2D eigenvalue weighted by Gasteiger charge is 2.22. The number of H-pyrrole nitrogens is 1. The zero-order valence-corrected chi connectivity index (χ0v) is 18.9. The van der Waals surface area contributed by atoms with Gasteiger partial charge in [-0.2, -0.15) is 9.67 Å². The molecule has 0 bridgehead atoms. The molecule has 0 amide bonds. The zero-order valence-electron chi connectivity index (χ0n) is 18.9. The van der Waals surface area contributed by atoms with E-state index in [1.165, 1.54) is 37.7 Å². The van der Waals surface area contributed by atoms with Crippen LogP contribution in [0.3, 0.4) is 0 Å². The molecule has 5 rings (SSSR count). The number of aromatic nitrogens is 6. The summed E-state index contributed by atoms with van der Waals surface area (Å²) in [6.07, 6.45) is 7.73. The molecule has 1 N–H and O–H groups in total. The second kappa shape index (κ2) is 9.85. The van der Waals surface area contributed by atoms with E-state index < -0.39 is 0 Å². The molecule has 3 heterocycles. The minimum atomic E-state index is 0.572. The number of anilines is 1. The molecule has 4 aromatic rings. The van der Waals surface area contributed by atoms with Gasteiger partial charge in [-0.05, 0) is 67.9 Å². The van der Waals surface area contributed by atoms with Crippen LogP contribution in [0.4, 0.5) is 5.95 Å². The van der Waals surface area contributed by atoms with E-state index in [1.807, 2.05) is 24.3 Å². The maximum absolute atomic E-state index is 5.21. The van der Waals surface area contributed by atoms with Crippen molar-refractivity contribution in [3.8, 4) is 23.1 Å². The van der Waals surface area contributed by atoms with Crippen LogP contribution in [-0.4, -0.2) is 50.1 Å². The number of nitrogens with zero attached hydrogens (tertiary/aromatic N) is 6. The molecule has 1 fully saturated rings. The van der Waals surface area contributed by atoms with E-state index in [2.05, 4.69) is 60.5 Å². The fourth-order valence-corrected chi connectivity index (χ4v) is 4.39. The van der Waals surface area contributed by atoms with E-state index in [4.69, 9.17) is 4.74 Å². The van der Waals surface area contributed by atoms with Crippen LogP contribution in [0.1, 0.15) is 31.2 Å². The van der Waals surface area contributed by atoms with Gasteiger partial charge in [0, 0.05) is 18.7 Å². The highest BCUT2D eigenvalue weighted by Crippen LogP contribution is 2.25. The first kappa shape index (κ1) is 21.2. The second-order valence-corrected chi connectivity index (χ2v) is 8.51. The van der Waals surface area contributed by atoms with Crippen molar-refractivity contribution in [1.82, 2.24) is 29.9 Å². The Hall–Kier alpha value is -3.68. The van der Waals surface area contributed by atoms with Gasteiger partial charge in [0.15, 0.2) is 5.82 Å². The topological polar surface area (TPSA) is 84.8 Å². The van der Waals surface area contributed by atoms with Crippen molar-refractivity contribution in [2.24, 2.45) is 5.92 Å². The predicted octanol–water partition coefficient (Wildman–Crippen LogP) is 4.30. The van der Waals surface area contributed by atoms with Gasteiger partial charge in [0.1, 0.15) is 12.1 Å². The molecule has 0 saturated carbocycles. The summed E-state index contributed by atoms with van der Waals surface area (Å²) in [5, 5.41) is 12.0. The molecule has 2 aromatic heterocycles. The summed E-state index contributed by atoms with van der Waals surface area (Å²) < 4.78 is 6.84. The van der Waals surface area contributed by atoms with Crippen LogP contribution in [0.15, 0.2) is 60.9 Å². The fourth-order valence-electron chi connectivity index (χ4n) is 4.39. The highest BCUT2D eigenvalue weighted by atomic mass is 16.5. The Morgan fingerprint density at radius 1 is 1.03 bits per heavy atom. The van der Waals surface area contributed by atoms with Crippen LogP contribution in [0.2, 0.25) is 0 Å². The molecule has 1 aliphatic heterocycles. The van der Waals surface area contributed by atoms with E-state index in [0.717, 1.165) is 36.3 Å². The number of ether oxygens (including phenoxy) is 1. The van der Waals surface area contributed by atoms with Crippen molar-refractivity contribution in [1.29, 1.82) is 0 Å². The van der Waals surface area contributed by atoms with Crippen LogP contribution in [0, 0.1) is 5.92 Å². The van der Waals surface area contributed by atoms with Gasteiger partial charge in [0.05, 0.1) is 7.11 Å². The first-order chi connectivity index (χ1) is 16.3. The van der Waals surface area contributed by atoms with Crippen molar-refractivity contribution in [2.45, 2.75) is 32.1 Å². The Morgan fingerprint density at radius 3 is 2.58 bits per heavy atom. The normalized spacial score (nSPS) is 14.5. The van der Waals surface area contributed by atoms with E-state index in [0.29, 0.717) is 11.8 Å². The Bertz CT molecular complexity index is 1140. The van der Waals surface area contributed by atoms with Crippen molar-refractivity contribution < 1.29 is 4.74 Å². The second-order valence-electron chi connectivity index (χ2n) is 8.51. The molecule has 8 nitrogen and oxygen atoms in total. The number of piperidine rings is 1. The van der Waals surface area contributed by atoms with Crippen LogP contribution in [-0.2, 0) is 6.42 Å². The third-order valence-electron chi connectivity index (χ3n) is 6.34. The number of hydrogen-bond donors (Lipinski definition) is 1. The van der Waals surface area contributed by atoms with E-state index in [1.54, 1.807) is 18.1 Å². The molecular formula is C25H29N7O. The molecule has 0 radical (unpaired) electrons. The lowest BCUT2D eigenvalue weighted by atomic mass is 9.91. The number of nitrogens with one attached hydrogen (secondary N) is 1. The third kappa shape index (κ3) is 5.05. The minimum Gasteiger partial charge on any atom is -0.497 e. The molecule has 0 spiro atoms. The predicted molar refractivity (Wildman–Crippen MR) is 128 cm³/mol. The Balaban J connectivity index is 1.14. The molecule has 33 heavy (non-hydrogen) atoms. The smallest absolute Gasteiger partial charge is 0.249 e. The summed E-state index contributed by atoms with van der Waals surface area (Å²) in [6, 6.07) is 18.4. The molecule has 1 saturated heterocycles. The molecule has 170 valence electrons. The number of rotatable bonds is 8. The third-order valence-corrected chi connectivity index (χ3v) is 6.34. The van der Waals surface area contributed by atoms with E-state index in [9.17, 15) is 0 Å². The molecule has 2 aromatic carbocycles. The van der Waals surface area contributed by atoms with Gasteiger partial charge in [-0.3, -0.25) is 0 Å². The maximum Gasteiger partial charge on any atom is 0.249 e. The largest absolute Gasteiger partial charge is 0.497 e. The van der Waals surface area contributed by atoms with E-state index >= 15 is 0 Å². The molecular weight excluding hydrogens is 414 g/mol. The van der Waals surface area contributed by atoms with Crippen LogP contribution < -0.4 is 9.64 Å². The van der Waals surface area contributed by atoms with Crippen LogP contribution in [0.5, 0.6) is 5.75 Å². The number of aromatic amines is 1. The van der Waals surface area contributed by atoms with Crippen molar-refractivity contribution in [3.05, 3.63) is 66.5 Å². The molecule has 0 atom stereocenters. The average Bonchev–Trinajstić information content (AvgIpc) is 3.56. The van der Waals surface area contributed by atoms with Gasteiger partial charge in [-0.15, -0.1) is 10.2 Å². The van der Waals surface area contributed by atoms with Gasteiger partial charge in [-0.25, -0.2) is 10.1 Å². The number of hydrogen-bond acceptors (Lipinski definition) is 6. The van der Waals surface area contributed by atoms with E-state index in [-0.39, 0.29) is 0 Å². The van der Waals surface area contributed by atoms with Gasteiger partial charge < -0.3 is 9.64 Å². The number of benzene rings is 2. The summed E-state index contributed by atoms with van der Waals surface area (Å²) >= 11 is 0. The number of aryl methyl sites for hydroxylation is 1. The fraction of sp³-hybridized carbons (Fsp3) is 0.360. The van der Waals surface area contributed by atoms with Gasteiger partial charge in [-0.1, -0.05) is 30.3 Å². The summed E-state index contributed by atoms with van der Waals surface area (Å²) in [5.74, 6) is 3.52. The lowest BCUT2D eigenvalue weighted by molar-refractivity contribution is 0.371. The van der Waals surface area contributed by atoms with Gasteiger partial charge in [0.25, 0.3) is 0 Å². The van der Waals surface area contributed by atoms with Gasteiger partial charge in [0.2, 0.25) is 11.9 Å². The summed E-state index contributed by atoms with van der Waals surface area (Å²) in [6.45, 7) is 1.98. The first-order valence-electron chi connectivity index (χ1n) is 11.6. The minimum absolute atomic E-state index is 0.572. The Kier molecular flexibility index (Phi) is 6.32. The SMILES string of the molecule is COc1ccc(-c2ncn(-c3nc(N4CCC(CCCc5ccccc5)CC4)n[nH]3)n2)cc1. The molecule has 0 unspecified atom stereocenters. The molecule has 1 aliphatic rings. The van der Waals surface area contributed by atoms with Crippen LogP contribution >= 0.6 is 0 Å². The zero-order chi connectivity index (χ0) is 22.5. The quantitative estimate of drug-likeness (QED) is 0.437. The average molecular weight is 444 g/mol. The Morgan fingerprint density at radius 2 is 1.82 bits per heavy atom. The summed E-state index contributed by atoms with van der Waals surface area (Å²) in [5.41, 5.74) is 2.36. The van der Waals surface area contributed by atoms with Crippen molar-refractivity contribution in [2.75, 3.05) is 25.1 Å². The lowest BCUT2D eigenvalue weighted by Gasteiger charge is -2.31. The monoisotopic (exact) mass is 443 g/mol. The van der Waals surface area contributed by atoms with Crippen molar-refractivity contribution in [3.63, 3.8) is 0 Å². The number of methoxy groups -OCH3 is 1. The lowest BCUT2D eigenvalue weighted by Crippen LogP contribution is -2.34. The highest BCUT2D eigenvalue weighted by molar-refractivity contribution is 5.55. The standard InChI is InChI=1S/C25H29N7O/c1-33-22-12-10-21(11-13-22)23-26-18-32(30-23)25-27-24(28-29-25)31-16-14-20(15-17-31)9-5-8-19-6-3-2-4-7-19/h2-4,6-7,10-13,18,20H,5,8-9,14-17H2,1H3,(H,27,28,29). The summed E-state index contributed by atoms with van der Waals surface area (Å²) in [4.78, 5) is 11.3.